The van der Waals surface area contributed by atoms with E-state index in [0.717, 1.165) is 12.0 Å². The van der Waals surface area contributed by atoms with Gasteiger partial charge in [-0.3, -0.25) is 4.79 Å². The molecular formula is C16H16O2. The molecular weight excluding hydrogens is 224 g/mol. The summed E-state index contributed by atoms with van der Waals surface area (Å²) in [6, 6.07) is 9.54. The van der Waals surface area contributed by atoms with E-state index >= 15 is 0 Å². The lowest BCUT2D eigenvalue weighted by atomic mass is 9.78. The van der Waals surface area contributed by atoms with E-state index in [-0.39, 0.29) is 11.7 Å². The first-order valence-electron chi connectivity index (χ1n) is 6.16. The van der Waals surface area contributed by atoms with Crippen LogP contribution >= 0.6 is 0 Å². The molecule has 2 nitrogen and oxygen atoms in total. The van der Waals surface area contributed by atoms with Crippen molar-refractivity contribution in [3.63, 3.8) is 0 Å². The summed E-state index contributed by atoms with van der Waals surface area (Å²) in [5.41, 5.74) is -0.315. The maximum atomic E-state index is 11.3. The highest BCUT2D eigenvalue weighted by atomic mass is 16.3. The van der Waals surface area contributed by atoms with Gasteiger partial charge in [-0.1, -0.05) is 37.0 Å². The van der Waals surface area contributed by atoms with Gasteiger partial charge in [-0.15, -0.1) is 0 Å². The summed E-state index contributed by atoms with van der Waals surface area (Å²) >= 11 is 0. The highest BCUT2D eigenvalue weighted by Crippen LogP contribution is 2.29. The molecule has 0 saturated carbocycles. The van der Waals surface area contributed by atoms with Gasteiger partial charge >= 0.3 is 0 Å². The van der Waals surface area contributed by atoms with Crippen LogP contribution in [0, 0.1) is 17.8 Å². The Kier molecular flexibility index (Phi) is 3.64. The molecule has 2 rings (SSSR count). The Morgan fingerprint density at radius 3 is 2.78 bits per heavy atom. The van der Waals surface area contributed by atoms with Gasteiger partial charge in [-0.25, -0.2) is 0 Å². The van der Waals surface area contributed by atoms with Gasteiger partial charge < -0.3 is 5.11 Å². The van der Waals surface area contributed by atoms with E-state index in [4.69, 9.17) is 0 Å². The van der Waals surface area contributed by atoms with Gasteiger partial charge in [0, 0.05) is 17.9 Å². The molecule has 0 aromatic heterocycles. The second-order valence-electron chi connectivity index (χ2n) is 4.55. The van der Waals surface area contributed by atoms with Gasteiger partial charge in [0.2, 0.25) is 0 Å². The number of carbonyl (C=O) groups excluding carboxylic acids is 1. The molecule has 1 aliphatic carbocycles. The Morgan fingerprint density at radius 1 is 1.39 bits per heavy atom. The Labute approximate surface area is 107 Å². The zero-order chi connectivity index (χ0) is 13.0. The lowest BCUT2D eigenvalue weighted by molar-refractivity contribution is -0.117. The summed E-state index contributed by atoms with van der Waals surface area (Å²) < 4.78 is 0. The predicted molar refractivity (Wildman–Crippen MR) is 70.8 cm³/mol. The Balaban J connectivity index is 2.29. The SMILES string of the molecule is CC[C@@H]1CC(=O)C=C[C@@]1(O)C#Cc1ccccc1. The Bertz CT molecular complexity index is 519. The fourth-order valence-electron chi connectivity index (χ4n) is 2.12. The van der Waals surface area contributed by atoms with Crippen LogP contribution < -0.4 is 0 Å². The maximum Gasteiger partial charge on any atom is 0.155 e. The lowest BCUT2D eigenvalue weighted by Gasteiger charge is -2.30. The van der Waals surface area contributed by atoms with Crippen molar-refractivity contribution in [2.24, 2.45) is 5.92 Å². The van der Waals surface area contributed by atoms with Gasteiger partial charge in [0.25, 0.3) is 0 Å². The van der Waals surface area contributed by atoms with Crippen molar-refractivity contribution in [1.82, 2.24) is 0 Å². The molecule has 92 valence electrons. The number of aliphatic hydroxyl groups is 1. The van der Waals surface area contributed by atoms with Crippen molar-refractivity contribution in [3.05, 3.63) is 48.0 Å². The van der Waals surface area contributed by atoms with Crippen molar-refractivity contribution < 1.29 is 9.90 Å². The smallest absolute Gasteiger partial charge is 0.155 e. The minimum absolute atomic E-state index is 0.0630. The largest absolute Gasteiger partial charge is 0.374 e. The molecule has 2 heteroatoms. The minimum Gasteiger partial charge on any atom is -0.374 e. The second-order valence-corrected chi connectivity index (χ2v) is 4.55. The number of allylic oxidation sites excluding steroid dienone is 1. The first-order valence-corrected chi connectivity index (χ1v) is 6.16. The highest BCUT2D eigenvalue weighted by Gasteiger charge is 2.35. The molecule has 1 aromatic rings. The maximum absolute atomic E-state index is 11.3. The van der Waals surface area contributed by atoms with Gasteiger partial charge in [0.1, 0.15) is 5.60 Å². The average molecular weight is 240 g/mol. The van der Waals surface area contributed by atoms with Crippen LogP contribution in [-0.2, 0) is 4.79 Å². The number of hydrogen-bond acceptors (Lipinski definition) is 2. The molecule has 1 N–H and O–H groups in total. The standard InChI is InChI=1S/C16H16O2/c1-2-14-12-15(17)9-11-16(14,18)10-8-13-6-4-3-5-7-13/h3-7,9,11,14,18H,2,12H2,1H3/t14-,16+/m1/s1. The molecule has 0 saturated heterocycles. The third kappa shape index (κ3) is 2.69. The molecule has 0 fully saturated rings. The van der Waals surface area contributed by atoms with E-state index in [2.05, 4.69) is 11.8 Å². The fraction of sp³-hybridized carbons (Fsp3) is 0.312. The molecule has 0 heterocycles. The van der Waals surface area contributed by atoms with Crippen molar-refractivity contribution in [1.29, 1.82) is 0 Å². The molecule has 0 unspecified atom stereocenters. The molecule has 2 atom stereocenters. The van der Waals surface area contributed by atoms with Crippen LogP contribution in [0.1, 0.15) is 25.3 Å². The van der Waals surface area contributed by atoms with Gasteiger partial charge in [-0.2, -0.15) is 0 Å². The summed E-state index contributed by atoms with van der Waals surface area (Å²) in [5, 5.41) is 10.5. The molecule has 1 aliphatic rings. The highest BCUT2D eigenvalue weighted by molar-refractivity contribution is 5.91. The summed E-state index contributed by atoms with van der Waals surface area (Å²) in [6.07, 6.45) is 4.07. The number of hydrogen-bond donors (Lipinski definition) is 1. The van der Waals surface area contributed by atoms with Gasteiger partial charge in [-0.05, 0) is 30.7 Å². The van der Waals surface area contributed by atoms with Crippen LogP contribution in [0.2, 0.25) is 0 Å². The number of ketones is 1. The van der Waals surface area contributed by atoms with Crippen molar-refractivity contribution >= 4 is 5.78 Å². The van der Waals surface area contributed by atoms with Crippen LogP contribution in [0.25, 0.3) is 0 Å². The third-order valence-electron chi connectivity index (χ3n) is 3.27. The molecule has 0 bridgehead atoms. The minimum atomic E-state index is -1.18. The van der Waals surface area contributed by atoms with Gasteiger partial charge in [0.05, 0.1) is 0 Å². The lowest BCUT2D eigenvalue weighted by Crippen LogP contribution is -2.38. The summed E-state index contributed by atoms with van der Waals surface area (Å²) in [7, 11) is 0. The zero-order valence-electron chi connectivity index (χ0n) is 10.4. The van der Waals surface area contributed by atoms with Crippen molar-refractivity contribution in [2.75, 3.05) is 0 Å². The van der Waals surface area contributed by atoms with Crippen LogP contribution in [0.3, 0.4) is 0 Å². The van der Waals surface area contributed by atoms with Crippen LogP contribution in [0.4, 0.5) is 0 Å². The summed E-state index contributed by atoms with van der Waals surface area (Å²) in [6.45, 7) is 1.96. The van der Waals surface area contributed by atoms with E-state index in [1.165, 1.54) is 12.2 Å². The first-order chi connectivity index (χ1) is 8.64. The normalized spacial score (nSPS) is 26.6. The quantitative estimate of drug-likeness (QED) is 0.765. The van der Waals surface area contributed by atoms with E-state index in [1.807, 2.05) is 37.3 Å². The van der Waals surface area contributed by atoms with E-state index in [9.17, 15) is 9.90 Å². The molecule has 0 amide bonds. The van der Waals surface area contributed by atoms with Crippen LogP contribution in [-0.4, -0.2) is 16.5 Å². The monoisotopic (exact) mass is 240 g/mol. The molecule has 0 aliphatic heterocycles. The molecule has 0 spiro atoms. The van der Waals surface area contributed by atoms with Crippen LogP contribution in [0.5, 0.6) is 0 Å². The summed E-state index contributed by atoms with van der Waals surface area (Å²) in [5.74, 6) is 5.82. The zero-order valence-corrected chi connectivity index (χ0v) is 10.4. The van der Waals surface area contributed by atoms with Gasteiger partial charge in [0.15, 0.2) is 5.78 Å². The van der Waals surface area contributed by atoms with Crippen molar-refractivity contribution in [2.45, 2.75) is 25.4 Å². The Hall–Kier alpha value is -1.85. The van der Waals surface area contributed by atoms with Crippen LogP contribution in [0.15, 0.2) is 42.5 Å². The van der Waals surface area contributed by atoms with E-state index in [1.54, 1.807) is 0 Å². The first kappa shape index (κ1) is 12.6. The molecule has 0 radical (unpaired) electrons. The van der Waals surface area contributed by atoms with E-state index < -0.39 is 5.60 Å². The van der Waals surface area contributed by atoms with E-state index in [0.29, 0.717) is 6.42 Å². The number of benzene rings is 1. The topological polar surface area (TPSA) is 37.3 Å². The third-order valence-corrected chi connectivity index (χ3v) is 3.27. The fourth-order valence-corrected chi connectivity index (χ4v) is 2.12. The predicted octanol–water partition coefficient (Wildman–Crippen LogP) is 2.32. The number of carbonyl (C=O) groups is 1. The average Bonchev–Trinajstić information content (AvgIpc) is 2.41. The number of rotatable bonds is 1. The molecule has 1 aromatic carbocycles. The Morgan fingerprint density at radius 2 is 2.11 bits per heavy atom. The van der Waals surface area contributed by atoms with Crippen molar-refractivity contribution in [3.8, 4) is 11.8 Å². The second kappa shape index (κ2) is 5.20. The molecule has 18 heavy (non-hydrogen) atoms. The summed E-state index contributed by atoms with van der Waals surface area (Å²) in [4.78, 5) is 11.3.